The van der Waals surface area contributed by atoms with E-state index in [2.05, 4.69) is 34.4 Å². The topological polar surface area (TPSA) is 487 Å². The van der Waals surface area contributed by atoms with E-state index >= 15 is 4.79 Å². The summed E-state index contributed by atoms with van der Waals surface area (Å²) in [6, 6.07) is 19.2. The van der Waals surface area contributed by atoms with Crippen molar-refractivity contribution < 1.29 is 142 Å². The first kappa shape index (κ1) is 120. The Morgan fingerprint density at radius 2 is 1.10 bits per heavy atom. The molecule has 7 amide bonds. The number of aromatic carboxylic acids is 1. The van der Waals surface area contributed by atoms with Gasteiger partial charge < -0.3 is 116 Å². The quantitative estimate of drug-likeness (QED) is 0.0135. The van der Waals surface area contributed by atoms with Crippen LogP contribution in [0.5, 0.6) is 0 Å². The van der Waals surface area contributed by atoms with Gasteiger partial charge in [0.2, 0.25) is 11.8 Å². The van der Waals surface area contributed by atoms with Crippen LogP contribution in [0.2, 0.25) is 0 Å². The van der Waals surface area contributed by atoms with Crippen molar-refractivity contribution in [3.63, 3.8) is 0 Å². The summed E-state index contributed by atoms with van der Waals surface area (Å²) in [6.45, 7) is 25.5. The minimum Gasteiger partial charge on any atom is -0.476 e. The first-order chi connectivity index (χ1) is 71.9. The molecule has 6 N–H and O–H groups in total. The Hall–Kier alpha value is -9.60. The zero-order chi connectivity index (χ0) is 106. The van der Waals surface area contributed by atoms with Crippen LogP contribution in [-0.2, 0) is 152 Å². The molecule has 4 fully saturated rings. The summed E-state index contributed by atoms with van der Waals surface area (Å²) < 4.78 is 141. The highest BCUT2D eigenvalue weighted by molar-refractivity contribution is 7.85. The van der Waals surface area contributed by atoms with Crippen LogP contribution in [0.1, 0.15) is 141 Å². The number of amides is 7. The minimum atomic E-state index is -4.65. The molecule has 4 bridgehead atoms. The number of nitrogens with zero attached hydrogens (tertiary/aromatic N) is 9. The molecule has 0 radical (unpaired) electrons. The maximum absolute atomic E-state index is 15.2. The van der Waals surface area contributed by atoms with Gasteiger partial charge in [0.05, 0.1) is 219 Å². The molecule has 4 atom stereocenters. The number of hydrogen-bond acceptors (Lipinski definition) is 34. The summed E-state index contributed by atoms with van der Waals surface area (Å²) in [4.78, 5) is 127. The van der Waals surface area contributed by atoms with Crippen molar-refractivity contribution in [2.45, 2.75) is 150 Å². The van der Waals surface area contributed by atoms with Crippen molar-refractivity contribution in [1.29, 1.82) is 0 Å². The Bertz CT molecular complexity index is 5240. The van der Waals surface area contributed by atoms with Crippen molar-refractivity contribution in [1.82, 2.24) is 39.8 Å². The fourth-order valence-electron chi connectivity index (χ4n) is 20.7. The van der Waals surface area contributed by atoms with Crippen LogP contribution in [0, 0.1) is 29.1 Å². The number of para-hydroxylation sites is 1. The number of carboxylic acid groups (broad SMARTS) is 1. The average molecular weight is 2130 g/mol. The third-order valence-electron chi connectivity index (χ3n) is 26.7. The van der Waals surface area contributed by atoms with Crippen LogP contribution in [0.15, 0.2) is 91.1 Å². The molecule has 12 rings (SSSR count). The summed E-state index contributed by atoms with van der Waals surface area (Å²) in [7, 11) is -1.40. The van der Waals surface area contributed by atoms with Gasteiger partial charge in [-0.1, -0.05) is 69.4 Å². The van der Waals surface area contributed by atoms with Crippen molar-refractivity contribution in [3.8, 4) is 11.1 Å². The van der Waals surface area contributed by atoms with E-state index < -0.39 is 94.2 Å². The molecule has 2 aliphatic heterocycles. The first-order valence-electron chi connectivity index (χ1n) is 51.6. The highest BCUT2D eigenvalue weighted by atomic mass is 32.2. The molecule has 3 aromatic carbocycles. The van der Waals surface area contributed by atoms with E-state index in [1.54, 1.807) is 64.6 Å². The minimum absolute atomic E-state index is 0.0417. The number of ether oxygens (including phenoxy) is 18. The van der Waals surface area contributed by atoms with E-state index in [1.165, 1.54) is 28.1 Å². The predicted octanol–water partition coefficient (Wildman–Crippen LogP) is 8.85. The van der Waals surface area contributed by atoms with Gasteiger partial charge in [0.25, 0.3) is 33.7 Å². The van der Waals surface area contributed by atoms with Gasteiger partial charge in [-0.15, -0.1) is 0 Å². The fourth-order valence-corrected chi connectivity index (χ4v) is 22.0. The molecule has 6 aliphatic rings. The maximum Gasteiger partial charge on any atom is 0.410 e. The van der Waals surface area contributed by atoms with Gasteiger partial charge in [-0.25, -0.2) is 19.6 Å². The number of aromatic nitrogens is 4. The second kappa shape index (κ2) is 61.9. The smallest absolute Gasteiger partial charge is 0.410 e. The molecule has 4 saturated carbocycles. The normalized spacial score (nSPS) is 18.3. The predicted molar refractivity (Wildman–Crippen MR) is 554 cm³/mol. The lowest BCUT2D eigenvalue weighted by atomic mass is 9.39. The van der Waals surface area contributed by atoms with Crippen LogP contribution in [0.4, 0.5) is 21.4 Å². The van der Waals surface area contributed by atoms with Crippen molar-refractivity contribution in [2.24, 2.45) is 27.9 Å². The zero-order valence-electron chi connectivity index (χ0n) is 87.6. The van der Waals surface area contributed by atoms with Gasteiger partial charge in [0.1, 0.15) is 31.1 Å². The van der Waals surface area contributed by atoms with Gasteiger partial charge in [-0.3, -0.25) is 53.1 Å². The van der Waals surface area contributed by atoms with E-state index in [4.69, 9.17) is 101 Å². The number of aryl methyl sites for hydroxylation is 1. The van der Waals surface area contributed by atoms with Gasteiger partial charge in [-0.2, -0.15) is 13.5 Å². The van der Waals surface area contributed by atoms with E-state index in [0.29, 0.717) is 328 Å². The zero-order valence-corrected chi connectivity index (χ0v) is 89.2. The molecular weight excluding hydrogens is 1970 g/mol. The summed E-state index contributed by atoms with van der Waals surface area (Å²) in [5.74, 6) is -6.35. The maximum atomic E-state index is 15.2. The lowest BCUT2D eigenvalue weighted by Crippen LogP contribution is -2.64. The van der Waals surface area contributed by atoms with E-state index in [9.17, 15) is 51.6 Å². The molecule has 149 heavy (non-hydrogen) atoms. The Labute approximate surface area is 877 Å². The third kappa shape index (κ3) is 38.9. The monoisotopic (exact) mass is 2130 g/mol. The Balaban J connectivity index is 0.728. The molecule has 826 valence electrons. The summed E-state index contributed by atoms with van der Waals surface area (Å²) >= 11 is 1.39. The molecule has 0 spiro atoms. The van der Waals surface area contributed by atoms with Crippen LogP contribution in [0.3, 0.4) is 0 Å². The lowest BCUT2D eigenvalue weighted by molar-refractivity contribution is -0.248. The molecule has 3 aromatic heterocycles. The first-order valence-corrected chi connectivity index (χ1v) is 54.0. The number of pyridine rings is 1. The number of carbonyl (C=O) groups excluding carboxylic acids is 7. The van der Waals surface area contributed by atoms with Gasteiger partial charge in [0, 0.05) is 113 Å². The van der Waals surface area contributed by atoms with Crippen LogP contribution < -0.4 is 26.2 Å². The number of benzene rings is 3. The average Bonchev–Trinajstić information content (AvgIpc) is 1.14. The third-order valence-corrected chi connectivity index (χ3v) is 28.3. The highest BCUT2D eigenvalue weighted by Gasteiger charge is 2.66. The van der Waals surface area contributed by atoms with Crippen LogP contribution in [-0.4, -0.2) is 388 Å². The molecular formula is C105H154N12O30S2. The van der Waals surface area contributed by atoms with Gasteiger partial charge in [0.15, 0.2) is 10.8 Å². The number of nitrogens with one attached hydrogen (secondary N) is 2. The summed E-state index contributed by atoms with van der Waals surface area (Å²) in [6.07, 6.45) is 10.2. The standard InChI is InChI=1S/C105H154N12O30S2/c1-77(2)94(110-91(118)68-115-92(119)24-25-93(115)120)98(123)117(79(4)96(106)121)83-21-20-82(81(65-83)16-12-27-112(28-13-33-132-40-42-136-48-50-140-56-58-144-62-60-142-54-52-138-46-44-134-38-36-130-7)29-14-34-133-41-43-137-49-51-141-57-59-145-63-61-143-55-53-139-47-45-135-39-37-131-8)69-146-101(126)113(32-64-149(127,128)129)31-35-147-105-73-102(5)70-103(6,74-105)72-104(71-102,75-105)76-116-78(3)86(66-107-116)84-22-23-90(109-95(84)99(124)125)114-30-26-80-15-11-17-85(87(80)67-114)97(122)111-100-108-88-18-9-10-19-89(88)148-100/h9-11,15,17-25,65-66,77,79,94H,12-14,16,26-64,67-76H2,1-8H3,(H2,106,121)(H,110,118)(H,124,125)(H,108,111,122)(H,127,128,129)/t79-,94-,102?,103?,104?,105?/m0/s1. The van der Waals surface area contributed by atoms with E-state index in [1.807, 2.05) is 59.0 Å². The Morgan fingerprint density at radius 3 is 1.61 bits per heavy atom. The molecule has 4 aliphatic carbocycles. The molecule has 2 unspecified atom stereocenters. The number of hydrogen-bond donors (Lipinski definition) is 5. The number of methoxy groups -OCH3 is 2. The number of rotatable bonds is 78. The molecule has 6 aromatic rings. The van der Waals surface area contributed by atoms with Crippen molar-refractivity contribution in [2.75, 3.05) is 286 Å². The number of imide groups is 1. The Kier molecular flexibility index (Phi) is 49.7. The number of carboxylic acids is 1. The summed E-state index contributed by atoms with van der Waals surface area (Å²) in [5.41, 5.74) is 10.6. The van der Waals surface area contributed by atoms with Gasteiger partial charge in [-0.05, 0) is 178 Å². The molecule has 44 heteroatoms. The largest absolute Gasteiger partial charge is 0.476 e. The summed E-state index contributed by atoms with van der Waals surface area (Å²) in [5, 5.41) is 22.1. The number of nitrogens with two attached hydrogens (primary N) is 1. The fraction of sp³-hybridized carbons (Fsp3) is 0.648. The van der Waals surface area contributed by atoms with E-state index in [0.717, 1.165) is 63.4 Å². The second-order valence-electron chi connectivity index (χ2n) is 39.1. The van der Waals surface area contributed by atoms with Gasteiger partial charge >= 0.3 is 12.1 Å². The van der Waals surface area contributed by atoms with Crippen LogP contribution >= 0.6 is 11.3 Å². The number of carbonyl (C=O) groups is 8. The number of primary amides is 1. The number of anilines is 3. The van der Waals surface area contributed by atoms with Crippen molar-refractivity contribution in [3.05, 3.63) is 130 Å². The SMILES string of the molecule is COCCOCCOCCOCCOCCOCCOCCOCCCN(CCCOCCOCCOCCOCCOCCOCCOCCOC)CCCc1cc(N(C(=O)[C@@H](NC(=O)CN2C(=O)C=CC2=O)C(C)C)[C@@H](C)C(N)=O)ccc1COC(=O)N(CCOC12CC3(C)CC(C)(CC(Cn4ncc(-c5ccc(N6CCc7cccc(C(=O)Nc8nc9ccccc9s8)c7C6)nc5C(=O)O)c4C)(C3)C1)C2)CCS(=O)(=O)O. The second-order valence-corrected chi connectivity index (χ2v) is 41.7. The van der Waals surface area contributed by atoms with Crippen LogP contribution in [0.25, 0.3) is 21.3 Å². The lowest BCUT2D eigenvalue weighted by Gasteiger charge is -2.69. The number of fused-ring (bicyclic) bond motifs is 2. The molecule has 0 saturated heterocycles. The Morgan fingerprint density at radius 1 is 0.577 bits per heavy atom. The van der Waals surface area contributed by atoms with Crippen molar-refractivity contribution >= 4 is 95.8 Å². The molecule has 42 nitrogen and oxygen atoms in total. The number of thiazole rings is 1. The molecule has 5 heterocycles. The van der Waals surface area contributed by atoms with E-state index in [-0.39, 0.29) is 53.3 Å². The highest BCUT2D eigenvalue weighted by Crippen LogP contribution is 2.72.